The number of rotatable bonds is 8. The normalized spacial score (nSPS) is 11.8. The third-order valence-corrected chi connectivity index (χ3v) is 6.54. The SMILES string of the molecule is Cc1ccc(S(=O)(=O)N(CC(=O)N/N=C\c2cccc(Cl)c2)Cc2ccc(F)cc2)cc1. The van der Waals surface area contributed by atoms with Crippen LogP contribution in [0.4, 0.5) is 4.39 Å². The van der Waals surface area contributed by atoms with Gasteiger partial charge in [0.15, 0.2) is 0 Å². The van der Waals surface area contributed by atoms with Gasteiger partial charge in [0.25, 0.3) is 5.91 Å². The highest BCUT2D eigenvalue weighted by Crippen LogP contribution is 2.19. The highest BCUT2D eigenvalue weighted by Gasteiger charge is 2.27. The summed E-state index contributed by atoms with van der Waals surface area (Å²) in [6, 6.07) is 18.6. The van der Waals surface area contributed by atoms with E-state index in [-0.39, 0.29) is 11.4 Å². The molecule has 0 fully saturated rings. The van der Waals surface area contributed by atoms with Crippen molar-refractivity contribution in [3.05, 3.63) is 100 Å². The molecule has 0 spiro atoms. The van der Waals surface area contributed by atoms with Crippen LogP contribution >= 0.6 is 11.6 Å². The van der Waals surface area contributed by atoms with Gasteiger partial charge < -0.3 is 0 Å². The van der Waals surface area contributed by atoms with Crippen LogP contribution < -0.4 is 5.43 Å². The van der Waals surface area contributed by atoms with Crippen molar-refractivity contribution >= 4 is 33.7 Å². The number of nitrogens with one attached hydrogen (secondary N) is 1. The lowest BCUT2D eigenvalue weighted by molar-refractivity contribution is -0.121. The molecule has 1 amide bonds. The van der Waals surface area contributed by atoms with E-state index in [1.54, 1.807) is 36.4 Å². The van der Waals surface area contributed by atoms with Crippen molar-refractivity contribution in [3.63, 3.8) is 0 Å². The van der Waals surface area contributed by atoms with Crippen LogP contribution in [0.1, 0.15) is 16.7 Å². The van der Waals surface area contributed by atoms with E-state index < -0.39 is 28.3 Å². The van der Waals surface area contributed by atoms with E-state index in [9.17, 15) is 17.6 Å². The zero-order valence-electron chi connectivity index (χ0n) is 17.2. The fraction of sp³-hybridized carbons (Fsp3) is 0.130. The van der Waals surface area contributed by atoms with Gasteiger partial charge in [-0.25, -0.2) is 18.2 Å². The number of carbonyl (C=O) groups excluding carboxylic acids is 1. The Morgan fingerprint density at radius 3 is 2.44 bits per heavy atom. The second kappa shape index (κ2) is 10.5. The zero-order valence-corrected chi connectivity index (χ0v) is 18.8. The molecule has 0 aliphatic rings. The number of hydrazone groups is 1. The van der Waals surface area contributed by atoms with Crippen LogP contribution in [0.3, 0.4) is 0 Å². The van der Waals surface area contributed by atoms with Gasteiger partial charge in [-0.05, 0) is 54.4 Å². The number of sulfonamides is 1. The third kappa shape index (κ3) is 6.46. The van der Waals surface area contributed by atoms with Crippen molar-refractivity contribution in [2.24, 2.45) is 5.10 Å². The summed E-state index contributed by atoms with van der Waals surface area (Å²) in [6.07, 6.45) is 1.41. The molecule has 0 atom stereocenters. The van der Waals surface area contributed by atoms with E-state index >= 15 is 0 Å². The number of carbonyl (C=O) groups is 1. The van der Waals surface area contributed by atoms with Crippen LogP contribution in [0.15, 0.2) is 82.8 Å². The lowest BCUT2D eigenvalue weighted by atomic mass is 10.2. The summed E-state index contributed by atoms with van der Waals surface area (Å²) >= 11 is 5.91. The van der Waals surface area contributed by atoms with Crippen molar-refractivity contribution in [1.82, 2.24) is 9.73 Å². The molecule has 0 bridgehead atoms. The van der Waals surface area contributed by atoms with Crippen LogP contribution in [-0.4, -0.2) is 31.4 Å². The molecule has 0 unspecified atom stereocenters. The van der Waals surface area contributed by atoms with Gasteiger partial charge in [-0.2, -0.15) is 9.41 Å². The lowest BCUT2D eigenvalue weighted by Gasteiger charge is -2.21. The highest BCUT2D eigenvalue weighted by molar-refractivity contribution is 7.89. The minimum absolute atomic E-state index is 0.0560. The fourth-order valence-corrected chi connectivity index (χ4v) is 4.42. The molecule has 0 aromatic heterocycles. The number of hydrogen-bond donors (Lipinski definition) is 1. The van der Waals surface area contributed by atoms with E-state index in [1.807, 2.05) is 6.92 Å². The number of aryl methyl sites for hydroxylation is 1. The molecule has 0 radical (unpaired) electrons. The van der Waals surface area contributed by atoms with Gasteiger partial charge in [-0.1, -0.05) is 53.6 Å². The van der Waals surface area contributed by atoms with Gasteiger partial charge in [0.05, 0.1) is 17.7 Å². The summed E-state index contributed by atoms with van der Waals surface area (Å²) in [5.41, 5.74) is 4.45. The Hall–Kier alpha value is -3.07. The second-order valence-corrected chi connectivity index (χ2v) is 9.44. The summed E-state index contributed by atoms with van der Waals surface area (Å²) in [5, 5.41) is 4.39. The maximum Gasteiger partial charge on any atom is 0.255 e. The minimum Gasteiger partial charge on any atom is -0.272 e. The van der Waals surface area contributed by atoms with Gasteiger partial charge in [0, 0.05) is 11.6 Å². The van der Waals surface area contributed by atoms with Crippen LogP contribution in [-0.2, 0) is 21.4 Å². The Labute approximate surface area is 191 Å². The van der Waals surface area contributed by atoms with Gasteiger partial charge in [-0.15, -0.1) is 0 Å². The van der Waals surface area contributed by atoms with Gasteiger partial charge in [0.2, 0.25) is 10.0 Å². The summed E-state index contributed by atoms with van der Waals surface area (Å²) in [7, 11) is -3.99. The van der Waals surface area contributed by atoms with Crippen LogP contribution in [0.2, 0.25) is 5.02 Å². The zero-order chi connectivity index (χ0) is 23.1. The molecule has 6 nitrogen and oxygen atoms in total. The Morgan fingerprint density at radius 2 is 1.78 bits per heavy atom. The number of nitrogens with zero attached hydrogens (tertiary/aromatic N) is 2. The minimum atomic E-state index is -3.99. The maximum atomic E-state index is 13.3. The first-order chi connectivity index (χ1) is 15.2. The number of benzene rings is 3. The molecule has 3 rings (SSSR count). The van der Waals surface area contributed by atoms with Crippen LogP contribution in [0.25, 0.3) is 0 Å². The Balaban J connectivity index is 1.79. The standard InChI is InChI=1S/C23H21ClFN3O3S/c1-17-5-11-22(12-6-17)32(30,31)28(15-18-7-9-21(25)10-8-18)16-23(29)27-26-14-19-3-2-4-20(24)13-19/h2-14H,15-16H2,1H3,(H,27,29)/b26-14-. The number of halogens is 2. The molecule has 3 aromatic rings. The molecule has 0 saturated heterocycles. The smallest absolute Gasteiger partial charge is 0.255 e. The largest absolute Gasteiger partial charge is 0.272 e. The summed E-state index contributed by atoms with van der Waals surface area (Å²) < 4.78 is 40.7. The molecule has 0 aliphatic carbocycles. The van der Waals surface area contributed by atoms with Crippen LogP contribution in [0.5, 0.6) is 0 Å². The molecule has 0 heterocycles. The molecule has 0 saturated carbocycles. The second-order valence-electron chi connectivity index (χ2n) is 7.06. The fourth-order valence-electron chi connectivity index (χ4n) is 2.84. The molecular weight excluding hydrogens is 453 g/mol. The maximum absolute atomic E-state index is 13.3. The van der Waals surface area contributed by atoms with Crippen molar-refractivity contribution in [1.29, 1.82) is 0 Å². The molecule has 1 N–H and O–H groups in total. The van der Waals surface area contributed by atoms with Gasteiger partial charge >= 0.3 is 0 Å². The van der Waals surface area contributed by atoms with Crippen molar-refractivity contribution in [2.45, 2.75) is 18.4 Å². The quantitative estimate of drug-likeness (QED) is 0.394. The average molecular weight is 474 g/mol. The van der Waals surface area contributed by atoms with E-state index in [2.05, 4.69) is 10.5 Å². The lowest BCUT2D eigenvalue weighted by Crippen LogP contribution is -2.39. The Kier molecular flexibility index (Phi) is 7.74. The van der Waals surface area contributed by atoms with Crippen molar-refractivity contribution in [3.8, 4) is 0 Å². The predicted molar refractivity (Wildman–Crippen MR) is 122 cm³/mol. The topological polar surface area (TPSA) is 78.8 Å². The van der Waals surface area contributed by atoms with Gasteiger partial charge in [-0.3, -0.25) is 4.79 Å². The molecule has 9 heteroatoms. The predicted octanol–water partition coefficient (Wildman–Crippen LogP) is 4.13. The molecule has 166 valence electrons. The van der Waals surface area contributed by atoms with Gasteiger partial charge in [0.1, 0.15) is 5.82 Å². The Bertz CT molecular complexity index is 1210. The summed E-state index contributed by atoms with van der Waals surface area (Å²) in [4.78, 5) is 12.5. The highest BCUT2D eigenvalue weighted by atomic mass is 35.5. The molecule has 0 aliphatic heterocycles. The molecule has 3 aromatic carbocycles. The number of hydrogen-bond acceptors (Lipinski definition) is 4. The summed E-state index contributed by atoms with van der Waals surface area (Å²) in [6.45, 7) is 1.26. The first-order valence-corrected chi connectivity index (χ1v) is 11.4. The van der Waals surface area contributed by atoms with E-state index in [0.29, 0.717) is 16.1 Å². The van der Waals surface area contributed by atoms with Crippen LogP contribution in [0, 0.1) is 12.7 Å². The van der Waals surface area contributed by atoms with Crippen molar-refractivity contribution in [2.75, 3.05) is 6.54 Å². The van der Waals surface area contributed by atoms with E-state index in [0.717, 1.165) is 9.87 Å². The summed E-state index contributed by atoms with van der Waals surface area (Å²) in [5.74, 6) is -1.06. The Morgan fingerprint density at radius 1 is 1.09 bits per heavy atom. The van der Waals surface area contributed by atoms with E-state index in [4.69, 9.17) is 11.6 Å². The average Bonchev–Trinajstić information content (AvgIpc) is 2.75. The van der Waals surface area contributed by atoms with Crippen molar-refractivity contribution < 1.29 is 17.6 Å². The van der Waals surface area contributed by atoms with E-state index in [1.165, 1.54) is 42.6 Å². The molecule has 32 heavy (non-hydrogen) atoms. The first-order valence-electron chi connectivity index (χ1n) is 9.63. The first kappa shape index (κ1) is 23.6. The third-order valence-electron chi connectivity index (χ3n) is 4.50. The number of amides is 1. The molecular formula is C23H21ClFN3O3S. The monoisotopic (exact) mass is 473 g/mol.